The molecule has 1 atom stereocenters. The number of carbonyl (C=O) groups is 1. The monoisotopic (exact) mass is 260 g/mol. The van der Waals surface area contributed by atoms with E-state index in [-0.39, 0.29) is 5.91 Å². The Kier molecular flexibility index (Phi) is 4.13. The first kappa shape index (κ1) is 13.9. The second kappa shape index (κ2) is 5.64. The zero-order valence-corrected chi connectivity index (χ0v) is 12.1. The lowest BCUT2D eigenvalue weighted by Crippen LogP contribution is -2.22. The van der Waals surface area contributed by atoms with Crippen molar-refractivity contribution in [1.29, 1.82) is 0 Å². The molecule has 2 rings (SSSR count). The van der Waals surface area contributed by atoms with Gasteiger partial charge in [0.15, 0.2) is 0 Å². The van der Waals surface area contributed by atoms with Gasteiger partial charge in [0.2, 0.25) is 0 Å². The molecule has 1 amide bonds. The average Bonchev–Trinajstić information content (AvgIpc) is 2.70. The number of hydrogen-bond donors (Lipinski definition) is 2. The maximum Gasteiger partial charge on any atom is 0.251 e. The van der Waals surface area contributed by atoms with Crippen LogP contribution in [0.15, 0.2) is 24.3 Å². The predicted molar refractivity (Wildman–Crippen MR) is 79.5 cm³/mol. The highest BCUT2D eigenvalue weighted by atomic mass is 16.1. The Morgan fingerprint density at radius 2 is 2.00 bits per heavy atom. The molecule has 1 unspecified atom stereocenters. The highest BCUT2D eigenvalue weighted by Gasteiger charge is 2.30. The summed E-state index contributed by atoms with van der Waals surface area (Å²) in [6.45, 7) is 7.24. The standard InChI is InChI=1S/C16H24N2O/c1-4-17-15(19)12-5-7-13(8-6-12)18-14-9-10-16(2,3)11-14/h5-8,14,18H,4,9-11H2,1-3H3,(H,17,19). The van der Waals surface area contributed by atoms with Crippen molar-refractivity contribution in [3.8, 4) is 0 Å². The van der Waals surface area contributed by atoms with Gasteiger partial charge in [0.1, 0.15) is 0 Å². The topological polar surface area (TPSA) is 41.1 Å². The lowest BCUT2D eigenvalue weighted by atomic mass is 9.92. The average molecular weight is 260 g/mol. The molecular weight excluding hydrogens is 236 g/mol. The molecule has 1 aromatic rings. The van der Waals surface area contributed by atoms with Gasteiger partial charge in [-0.1, -0.05) is 13.8 Å². The third-order valence-electron chi connectivity index (χ3n) is 3.82. The van der Waals surface area contributed by atoms with Crippen LogP contribution in [-0.4, -0.2) is 18.5 Å². The number of anilines is 1. The van der Waals surface area contributed by atoms with Gasteiger partial charge in [0.05, 0.1) is 0 Å². The first-order valence-electron chi connectivity index (χ1n) is 7.15. The Balaban J connectivity index is 1.94. The summed E-state index contributed by atoms with van der Waals surface area (Å²) in [6.07, 6.45) is 3.72. The van der Waals surface area contributed by atoms with Crippen LogP contribution in [-0.2, 0) is 0 Å². The lowest BCUT2D eigenvalue weighted by Gasteiger charge is -2.18. The van der Waals surface area contributed by atoms with Crippen LogP contribution in [0.5, 0.6) is 0 Å². The number of carbonyl (C=O) groups excluding carboxylic acids is 1. The van der Waals surface area contributed by atoms with E-state index in [0.717, 1.165) is 11.3 Å². The Labute approximate surface area is 115 Å². The predicted octanol–water partition coefficient (Wildman–Crippen LogP) is 3.43. The smallest absolute Gasteiger partial charge is 0.251 e. The summed E-state index contributed by atoms with van der Waals surface area (Å²) >= 11 is 0. The molecule has 1 fully saturated rings. The number of amides is 1. The normalized spacial score (nSPS) is 21.1. The minimum absolute atomic E-state index is 0.00366. The van der Waals surface area contributed by atoms with Crippen LogP contribution in [0.1, 0.15) is 50.4 Å². The summed E-state index contributed by atoms with van der Waals surface area (Å²) in [5.74, 6) is -0.00366. The van der Waals surface area contributed by atoms with Gasteiger partial charge in [-0.05, 0) is 55.9 Å². The molecule has 0 aliphatic heterocycles. The number of benzene rings is 1. The molecular formula is C16H24N2O. The summed E-state index contributed by atoms with van der Waals surface area (Å²) in [4.78, 5) is 11.7. The van der Waals surface area contributed by atoms with Gasteiger partial charge in [-0.25, -0.2) is 0 Å². The van der Waals surface area contributed by atoms with E-state index < -0.39 is 0 Å². The molecule has 0 bridgehead atoms. The summed E-state index contributed by atoms with van der Waals surface area (Å²) in [5.41, 5.74) is 2.29. The third-order valence-corrected chi connectivity index (χ3v) is 3.82. The van der Waals surface area contributed by atoms with Crippen LogP contribution >= 0.6 is 0 Å². The minimum Gasteiger partial charge on any atom is -0.382 e. The van der Waals surface area contributed by atoms with E-state index in [0.29, 0.717) is 18.0 Å². The molecule has 1 saturated carbocycles. The van der Waals surface area contributed by atoms with Gasteiger partial charge in [-0.2, -0.15) is 0 Å². The second-order valence-corrected chi connectivity index (χ2v) is 6.19. The van der Waals surface area contributed by atoms with E-state index in [9.17, 15) is 4.79 Å². The molecule has 2 N–H and O–H groups in total. The maximum absolute atomic E-state index is 11.7. The van der Waals surface area contributed by atoms with Crippen molar-refractivity contribution in [3.63, 3.8) is 0 Å². The highest BCUT2D eigenvalue weighted by Crippen LogP contribution is 2.38. The van der Waals surface area contributed by atoms with Crippen molar-refractivity contribution < 1.29 is 4.79 Å². The highest BCUT2D eigenvalue weighted by molar-refractivity contribution is 5.94. The summed E-state index contributed by atoms with van der Waals surface area (Å²) < 4.78 is 0. The molecule has 1 aliphatic carbocycles. The minimum atomic E-state index is -0.00366. The van der Waals surface area contributed by atoms with E-state index in [1.807, 2.05) is 31.2 Å². The molecule has 19 heavy (non-hydrogen) atoms. The van der Waals surface area contributed by atoms with E-state index >= 15 is 0 Å². The van der Waals surface area contributed by atoms with Crippen molar-refractivity contribution >= 4 is 11.6 Å². The Bertz CT molecular complexity index is 437. The Hall–Kier alpha value is -1.51. The molecule has 3 nitrogen and oxygen atoms in total. The fourth-order valence-electron chi connectivity index (χ4n) is 2.78. The molecule has 104 valence electrons. The molecule has 3 heteroatoms. The van der Waals surface area contributed by atoms with Gasteiger partial charge >= 0.3 is 0 Å². The molecule has 0 heterocycles. The fraction of sp³-hybridized carbons (Fsp3) is 0.562. The third kappa shape index (κ3) is 3.72. The van der Waals surface area contributed by atoms with Crippen molar-refractivity contribution in [2.45, 2.75) is 46.1 Å². The number of nitrogens with one attached hydrogen (secondary N) is 2. The molecule has 1 aliphatic rings. The molecule has 1 aromatic carbocycles. The van der Waals surface area contributed by atoms with Crippen LogP contribution in [0.2, 0.25) is 0 Å². The van der Waals surface area contributed by atoms with Gasteiger partial charge < -0.3 is 10.6 Å². The van der Waals surface area contributed by atoms with Crippen molar-refractivity contribution in [1.82, 2.24) is 5.32 Å². The van der Waals surface area contributed by atoms with Crippen molar-refractivity contribution in [2.24, 2.45) is 5.41 Å². The quantitative estimate of drug-likeness (QED) is 0.871. The van der Waals surface area contributed by atoms with Gasteiger partial charge in [0.25, 0.3) is 5.91 Å². The van der Waals surface area contributed by atoms with Crippen molar-refractivity contribution in [2.75, 3.05) is 11.9 Å². The van der Waals surface area contributed by atoms with Crippen LogP contribution < -0.4 is 10.6 Å². The molecule has 0 saturated heterocycles. The van der Waals surface area contributed by atoms with Crippen molar-refractivity contribution in [3.05, 3.63) is 29.8 Å². The Morgan fingerprint density at radius 1 is 1.32 bits per heavy atom. The van der Waals surface area contributed by atoms with Crippen LogP contribution in [0.4, 0.5) is 5.69 Å². The zero-order chi connectivity index (χ0) is 13.9. The van der Waals surface area contributed by atoms with Gasteiger partial charge in [-0.3, -0.25) is 4.79 Å². The Morgan fingerprint density at radius 3 is 2.53 bits per heavy atom. The van der Waals surface area contributed by atoms with Gasteiger partial charge in [0, 0.05) is 23.8 Å². The molecule has 0 spiro atoms. The van der Waals surface area contributed by atoms with E-state index in [4.69, 9.17) is 0 Å². The lowest BCUT2D eigenvalue weighted by molar-refractivity contribution is 0.0956. The van der Waals surface area contributed by atoms with E-state index in [1.165, 1.54) is 19.3 Å². The molecule has 0 aromatic heterocycles. The van der Waals surface area contributed by atoms with Crippen LogP contribution in [0.3, 0.4) is 0 Å². The summed E-state index contributed by atoms with van der Waals surface area (Å²) in [7, 11) is 0. The largest absolute Gasteiger partial charge is 0.382 e. The number of rotatable bonds is 4. The van der Waals surface area contributed by atoms with Gasteiger partial charge in [-0.15, -0.1) is 0 Å². The maximum atomic E-state index is 11.7. The van der Waals surface area contributed by atoms with Crippen LogP contribution in [0.25, 0.3) is 0 Å². The van der Waals surface area contributed by atoms with E-state index in [2.05, 4.69) is 24.5 Å². The van der Waals surface area contributed by atoms with E-state index in [1.54, 1.807) is 0 Å². The summed E-state index contributed by atoms with van der Waals surface area (Å²) in [6, 6.07) is 8.32. The summed E-state index contributed by atoms with van der Waals surface area (Å²) in [5, 5.41) is 6.37. The first-order chi connectivity index (χ1) is 9.00. The second-order valence-electron chi connectivity index (χ2n) is 6.19. The SMILES string of the molecule is CCNC(=O)c1ccc(NC2CCC(C)(C)C2)cc1. The first-order valence-corrected chi connectivity index (χ1v) is 7.15. The fourth-order valence-corrected chi connectivity index (χ4v) is 2.78. The molecule has 0 radical (unpaired) electrons. The number of hydrogen-bond acceptors (Lipinski definition) is 2. The zero-order valence-electron chi connectivity index (χ0n) is 12.1. The van der Waals surface area contributed by atoms with Crippen LogP contribution in [0, 0.1) is 5.41 Å².